The molecule has 1 saturated carbocycles. The second kappa shape index (κ2) is 6.05. The van der Waals surface area contributed by atoms with Gasteiger partial charge < -0.3 is 8.83 Å². The van der Waals surface area contributed by atoms with Crippen molar-refractivity contribution in [3.8, 4) is 0 Å². The van der Waals surface area contributed by atoms with E-state index in [1.807, 2.05) is 6.92 Å². The van der Waals surface area contributed by atoms with Crippen LogP contribution in [0.3, 0.4) is 0 Å². The van der Waals surface area contributed by atoms with Gasteiger partial charge in [0.15, 0.2) is 0 Å². The van der Waals surface area contributed by atoms with Crippen molar-refractivity contribution in [2.75, 3.05) is 20.1 Å². The number of likely N-dealkylation sites (N-methyl/N-ethyl adjacent to an activating group) is 1. The fraction of sp³-hybridized carbons (Fsp3) is 0.688. The predicted molar refractivity (Wildman–Crippen MR) is 82.7 cm³/mol. The maximum atomic E-state index is 5.76. The molecule has 1 atom stereocenters. The molecule has 2 fully saturated rings. The van der Waals surface area contributed by atoms with Crippen LogP contribution in [0.5, 0.6) is 0 Å². The summed E-state index contributed by atoms with van der Waals surface area (Å²) in [5.74, 6) is 3.75. The van der Waals surface area contributed by atoms with E-state index >= 15 is 0 Å². The first kappa shape index (κ1) is 14.8. The Bertz CT molecular complexity index is 663. The topological polar surface area (TPSA) is 71.4 Å². The van der Waals surface area contributed by atoms with Crippen molar-refractivity contribution in [2.24, 2.45) is 0 Å². The Balaban J connectivity index is 1.29. The molecule has 23 heavy (non-hydrogen) atoms. The Morgan fingerprint density at radius 1 is 1.22 bits per heavy atom. The lowest BCUT2D eigenvalue weighted by Crippen LogP contribution is -2.34. The highest BCUT2D eigenvalue weighted by Crippen LogP contribution is 2.39. The van der Waals surface area contributed by atoms with Crippen LogP contribution in [0.25, 0.3) is 0 Å². The lowest BCUT2D eigenvalue weighted by Gasteiger charge is -2.22. The molecule has 7 heteroatoms. The molecule has 0 unspecified atom stereocenters. The van der Waals surface area contributed by atoms with E-state index in [0.29, 0.717) is 12.0 Å². The van der Waals surface area contributed by atoms with Crippen molar-refractivity contribution in [1.29, 1.82) is 0 Å². The molecule has 2 aromatic heterocycles. The van der Waals surface area contributed by atoms with Gasteiger partial charge in [-0.15, -0.1) is 10.2 Å². The summed E-state index contributed by atoms with van der Waals surface area (Å²) in [6, 6.07) is 0.502. The van der Waals surface area contributed by atoms with Gasteiger partial charge in [0, 0.05) is 25.0 Å². The summed E-state index contributed by atoms with van der Waals surface area (Å²) in [7, 11) is 2.13. The molecule has 0 amide bonds. The van der Waals surface area contributed by atoms with Crippen LogP contribution in [0.1, 0.15) is 48.6 Å². The van der Waals surface area contributed by atoms with Gasteiger partial charge in [0.05, 0.1) is 19.3 Å². The van der Waals surface area contributed by atoms with Crippen LogP contribution in [0.15, 0.2) is 15.0 Å². The zero-order valence-corrected chi connectivity index (χ0v) is 13.7. The molecule has 7 nitrogen and oxygen atoms in total. The van der Waals surface area contributed by atoms with Gasteiger partial charge in [0.2, 0.25) is 17.7 Å². The van der Waals surface area contributed by atoms with E-state index in [2.05, 4.69) is 32.0 Å². The number of hydrogen-bond donors (Lipinski definition) is 0. The predicted octanol–water partition coefficient (Wildman–Crippen LogP) is 1.95. The summed E-state index contributed by atoms with van der Waals surface area (Å²) in [6.07, 6.45) is 5.30. The molecule has 1 aliphatic carbocycles. The first-order chi connectivity index (χ1) is 11.2. The molecule has 1 saturated heterocycles. The SMILES string of the molecule is Cc1cnc(CN2CC[C@@H](N(C)Cc3nnc(C4CC4)o3)C2)o1. The van der Waals surface area contributed by atoms with Crippen molar-refractivity contribution in [2.45, 2.75) is 51.2 Å². The molecule has 2 aromatic rings. The zero-order chi connectivity index (χ0) is 15.8. The Morgan fingerprint density at radius 3 is 2.83 bits per heavy atom. The molecule has 0 spiro atoms. The average molecular weight is 317 g/mol. The minimum Gasteiger partial charge on any atom is -0.445 e. The average Bonchev–Trinajstić information content (AvgIpc) is 2.93. The van der Waals surface area contributed by atoms with Gasteiger partial charge in [-0.3, -0.25) is 9.80 Å². The number of hydrogen-bond acceptors (Lipinski definition) is 7. The Morgan fingerprint density at radius 2 is 2.09 bits per heavy atom. The van der Waals surface area contributed by atoms with E-state index in [9.17, 15) is 0 Å². The molecule has 0 aromatic carbocycles. The van der Waals surface area contributed by atoms with Gasteiger partial charge in [0.1, 0.15) is 5.76 Å². The summed E-state index contributed by atoms with van der Waals surface area (Å²) in [4.78, 5) is 8.98. The number of aryl methyl sites for hydroxylation is 1. The first-order valence-corrected chi connectivity index (χ1v) is 8.33. The van der Waals surface area contributed by atoms with E-state index in [0.717, 1.165) is 56.0 Å². The van der Waals surface area contributed by atoms with Gasteiger partial charge in [0.25, 0.3) is 0 Å². The number of likely N-dealkylation sites (tertiary alicyclic amines) is 1. The van der Waals surface area contributed by atoms with E-state index in [-0.39, 0.29) is 0 Å². The Hall–Kier alpha value is -1.73. The fourth-order valence-electron chi connectivity index (χ4n) is 3.15. The van der Waals surface area contributed by atoms with Crippen LogP contribution in [-0.2, 0) is 13.1 Å². The van der Waals surface area contributed by atoms with Crippen LogP contribution in [0.4, 0.5) is 0 Å². The lowest BCUT2D eigenvalue weighted by molar-refractivity contribution is 0.199. The Labute approximate surface area is 135 Å². The molecule has 0 bridgehead atoms. The second-order valence-corrected chi connectivity index (χ2v) is 6.77. The van der Waals surface area contributed by atoms with Crippen molar-refractivity contribution < 1.29 is 8.83 Å². The van der Waals surface area contributed by atoms with Crippen molar-refractivity contribution in [1.82, 2.24) is 25.0 Å². The van der Waals surface area contributed by atoms with Crippen molar-refractivity contribution in [3.05, 3.63) is 29.6 Å². The molecule has 124 valence electrons. The molecule has 0 N–H and O–H groups in total. The number of aromatic nitrogens is 3. The highest BCUT2D eigenvalue weighted by Gasteiger charge is 2.31. The summed E-state index contributed by atoms with van der Waals surface area (Å²) in [5.41, 5.74) is 0. The minimum atomic E-state index is 0.502. The van der Waals surface area contributed by atoms with Crippen LogP contribution < -0.4 is 0 Å². The molecule has 3 heterocycles. The van der Waals surface area contributed by atoms with Gasteiger partial charge >= 0.3 is 0 Å². The maximum Gasteiger partial charge on any atom is 0.230 e. The Kier molecular flexibility index (Phi) is 3.90. The monoisotopic (exact) mass is 317 g/mol. The van der Waals surface area contributed by atoms with E-state index in [4.69, 9.17) is 8.83 Å². The van der Waals surface area contributed by atoms with Crippen molar-refractivity contribution in [3.63, 3.8) is 0 Å². The normalized spacial score (nSPS) is 22.3. The minimum absolute atomic E-state index is 0.502. The maximum absolute atomic E-state index is 5.76. The summed E-state index contributed by atoms with van der Waals surface area (Å²) >= 11 is 0. The standard InChI is InChI=1S/C16H23N5O2/c1-11-7-17-14(22-11)10-21-6-5-13(8-21)20(2)9-15-18-19-16(23-15)12-3-4-12/h7,12-13H,3-6,8-10H2,1-2H3/t13-/m1/s1. The van der Waals surface area contributed by atoms with Crippen LogP contribution >= 0.6 is 0 Å². The van der Waals surface area contributed by atoms with Crippen LogP contribution in [0.2, 0.25) is 0 Å². The van der Waals surface area contributed by atoms with Crippen LogP contribution in [0, 0.1) is 6.92 Å². The van der Waals surface area contributed by atoms with Gasteiger partial charge in [-0.2, -0.15) is 0 Å². The third-order valence-electron chi connectivity index (χ3n) is 4.69. The lowest BCUT2D eigenvalue weighted by atomic mass is 10.2. The zero-order valence-electron chi connectivity index (χ0n) is 13.7. The third-order valence-corrected chi connectivity index (χ3v) is 4.69. The number of rotatable bonds is 6. The fourth-order valence-corrected chi connectivity index (χ4v) is 3.15. The van der Waals surface area contributed by atoms with Gasteiger partial charge in [-0.1, -0.05) is 0 Å². The van der Waals surface area contributed by atoms with Crippen LogP contribution in [-0.4, -0.2) is 51.2 Å². The third kappa shape index (κ3) is 3.45. The van der Waals surface area contributed by atoms with Crippen molar-refractivity contribution >= 4 is 0 Å². The smallest absolute Gasteiger partial charge is 0.230 e. The quantitative estimate of drug-likeness (QED) is 0.806. The first-order valence-electron chi connectivity index (χ1n) is 8.33. The van der Waals surface area contributed by atoms with E-state index < -0.39 is 0 Å². The summed E-state index contributed by atoms with van der Waals surface area (Å²) in [5, 5.41) is 8.34. The molecule has 1 aliphatic heterocycles. The number of oxazole rings is 1. The van der Waals surface area contributed by atoms with Gasteiger partial charge in [-0.25, -0.2) is 4.98 Å². The van der Waals surface area contributed by atoms with E-state index in [1.165, 1.54) is 12.8 Å². The molecular formula is C16H23N5O2. The van der Waals surface area contributed by atoms with E-state index in [1.54, 1.807) is 6.20 Å². The molecule has 0 radical (unpaired) electrons. The second-order valence-electron chi connectivity index (χ2n) is 6.77. The molecule has 2 aliphatic rings. The number of nitrogens with zero attached hydrogens (tertiary/aromatic N) is 5. The summed E-state index contributed by atoms with van der Waals surface area (Å²) in [6.45, 7) is 5.51. The largest absolute Gasteiger partial charge is 0.445 e. The molecular weight excluding hydrogens is 294 g/mol. The highest BCUT2D eigenvalue weighted by molar-refractivity contribution is 5.00. The molecule has 4 rings (SSSR count). The summed E-state index contributed by atoms with van der Waals surface area (Å²) < 4.78 is 11.3. The van der Waals surface area contributed by atoms with Gasteiger partial charge in [-0.05, 0) is 33.2 Å². The highest BCUT2D eigenvalue weighted by atomic mass is 16.4.